The molecule has 0 saturated heterocycles. The molecular formula is C24H15ClF3N5O4S. The quantitative estimate of drug-likeness (QED) is 0.258. The number of hydrogen-bond acceptors (Lipinski definition) is 7. The van der Waals surface area contributed by atoms with Crippen LogP contribution in [0.4, 0.5) is 18.9 Å². The number of amides is 2. The van der Waals surface area contributed by atoms with Gasteiger partial charge >= 0.3 is 6.18 Å². The molecule has 1 aromatic carbocycles. The normalized spacial score (nSPS) is 11.6. The monoisotopic (exact) mass is 561 g/mol. The van der Waals surface area contributed by atoms with Gasteiger partial charge in [-0.25, -0.2) is 9.67 Å². The van der Waals surface area contributed by atoms with Crippen molar-refractivity contribution in [3.63, 3.8) is 0 Å². The van der Waals surface area contributed by atoms with Gasteiger partial charge in [-0.2, -0.15) is 18.3 Å². The molecule has 14 heteroatoms. The number of nitrogens with two attached hydrogens (primary N) is 1. The minimum absolute atomic E-state index is 0.0182. The summed E-state index contributed by atoms with van der Waals surface area (Å²) in [6.45, 7) is -0.0182. The van der Waals surface area contributed by atoms with E-state index >= 15 is 0 Å². The summed E-state index contributed by atoms with van der Waals surface area (Å²) in [6, 6.07) is 11.8. The third-order valence-corrected chi connectivity index (χ3v) is 6.60. The number of carbonyl (C=O) groups excluding carboxylic acids is 2. The van der Waals surface area contributed by atoms with Crippen molar-refractivity contribution in [3.05, 3.63) is 82.3 Å². The number of carbonyl (C=O) groups is 2. The van der Waals surface area contributed by atoms with E-state index in [-0.39, 0.29) is 44.5 Å². The van der Waals surface area contributed by atoms with Crippen molar-refractivity contribution in [3.8, 4) is 17.1 Å². The molecule has 0 aliphatic carbocycles. The van der Waals surface area contributed by atoms with E-state index < -0.39 is 23.7 Å². The molecule has 38 heavy (non-hydrogen) atoms. The molecule has 0 unspecified atom stereocenters. The van der Waals surface area contributed by atoms with Crippen molar-refractivity contribution in [2.75, 3.05) is 5.32 Å². The maximum atomic E-state index is 13.5. The molecule has 0 bridgehead atoms. The summed E-state index contributed by atoms with van der Waals surface area (Å²) >= 11 is 6.48. The standard InChI is InChI=1S/C24H15ClF3N5O4S/c25-12-3-5-13(6-4-12)37-11-33-8-7-15(32-33)22(35)31-19-18-14(16-2-1-9-36-16)10-17(24(26,27)28)30-23(18)38-20(19)21(29)34/h1-10H,11H2,(H2,29,34)(H,31,35). The summed E-state index contributed by atoms with van der Waals surface area (Å²) in [5.74, 6) is -1.08. The Kier molecular flexibility index (Phi) is 6.55. The second kappa shape index (κ2) is 9.84. The highest BCUT2D eigenvalue weighted by atomic mass is 35.5. The Labute approximate surface area is 220 Å². The Hall–Kier alpha value is -4.36. The first-order valence-electron chi connectivity index (χ1n) is 10.7. The average molecular weight is 562 g/mol. The van der Waals surface area contributed by atoms with Crippen molar-refractivity contribution in [2.24, 2.45) is 5.73 Å². The molecule has 5 rings (SSSR count). The number of fused-ring (bicyclic) bond motifs is 1. The number of ether oxygens (including phenoxy) is 1. The molecule has 3 N–H and O–H groups in total. The summed E-state index contributed by atoms with van der Waals surface area (Å²) in [6.07, 6.45) is -1.99. The predicted octanol–water partition coefficient (Wildman–Crippen LogP) is 5.81. The lowest BCUT2D eigenvalue weighted by Crippen LogP contribution is -2.18. The van der Waals surface area contributed by atoms with Crippen molar-refractivity contribution < 1.29 is 31.9 Å². The summed E-state index contributed by atoms with van der Waals surface area (Å²) in [7, 11) is 0. The highest BCUT2D eigenvalue weighted by molar-refractivity contribution is 7.21. The van der Waals surface area contributed by atoms with Crippen LogP contribution < -0.4 is 15.8 Å². The Bertz CT molecular complexity index is 1650. The third kappa shape index (κ3) is 5.06. The highest BCUT2D eigenvalue weighted by Gasteiger charge is 2.35. The van der Waals surface area contributed by atoms with Gasteiger partial charge in [-0.3, -0.25) is 9.59 Å². The number of furan rings is 1. The maximum absolute atomic E-state index is 13.5. The zero-order valence-electron chi connectivity index (χ0n) is 19.0. The SMILES string of the molecule is NC(=O)c1sc2nc(C(F)(F)F)cc(-c3ccco3)c2c1NC(=O)c1ccn(COc2ccc(Cl)cc2)n1. The molecule has 0 fully saturated rings. The van der Waals surface area contributed by atoms with Crippen LogP contribution in [-0.2, 0) is 12.9 Å². The number of thiophene rings is 1. The van der Waals surface area contributed by atoms with Crippen LogP contribution in [0.5, 0.6) is 5.75 Å². The second-order valence-electron chi connectivity index (χ2n) is 7.80. The van der Waals surface area contributed by atoms with E-state index in [2.05, 4.69) is 15.4 Å². The van der Waals surface area contributed by atoms with Gasteiger partial charge < -0.3 is 20.2 Å². The molecule has 0 radical (unpaired) electrons. The number of anilines is 1. The number of pyridine rings is 1. The number of nitrogens with one attached hydrogen (secondary N) is 1. The van der Waals surface area contributed by atoms with Crippen LogP contribution in [0.25, 0.3) is 21.5 Å². The molecule has 5 aromatic rings. The first-order valence-corrected chi connectivity index (χ1v) is 11.9. The van der Waals surface area contributed by atoms with Crippen molar-refractivity contribution in [2.45, 2.75) is 12.9 Å². The van der Waals surface area contributed by atoms with Gasteiger partial charge in [0.2, 0.25) is 0 Å². The fourth-order valence-electron chi connectivity index (χ4n) is 3.57. The average Bonchev–Trinajstić information content (AvgIpc) is 3.63. The summed E-state index contributed by atoms with van der Waals surface area (Å²) < 4.78 is 52.9. The van der Waals surface area contributed by atoms with Crippen molar-refractivity contribution in [1.29, 1.82) is 0 Å². The van der Waals surface area contributed by atoms with E-state index in [9.17, 15) is 22.8 Å². The van der Waals surface area contributed by atoms with Crippen LogP contribution in [0.3, 0.4) is 0 Å². The lowest BCUT2D eigenvalue weighted by molar-refractivity contribution is -0.140. The summed E-state index contributed by atoms with van der Waals surface area (Å²) in [5.41, 5.74) is 4.15. The van der Waals surface area contributed by atoms with E-state index in [1.54, 1.807) is 24.3 Å². The maximum Gasteiger partial charge on any atom is 0.433 e. The third-order valence-electron chi connectivity index (χ3n) is 5.25. The van der Waals surface area contributed by atoms with Crippen LogP contribution in [0, 0.1) is 0 Å². The molecule has 0 aliphatic rings. The number of aromatic nitrogens is 3. The lowest BCUT2D eigenvalue weighted by Gasteiger charge is -2.10. The molecule has 194 valence electrons. The molecule has 9 nitrogen and oxygen atoms in total. The lowest BCUT2D eigenvalue weighted by atomic mass is 10.1. The van der Waals surface area contributed by atoms with Gasteiger partial charge in [0.15, 0.2) is 12.4 Å². The first kappa shape index (κ1) is 25.3. The molecule has 4 heterocycles. The van der Waals surface area contributed by atoms with E-state index in [1.165, 1.54) is 35.3 Å². The number of hydrogen-bond donors (Lipinski definition) is 2. The van der Waals surface area contributed by atoms with Crippen LogP contribution in [-0.4, -0.2) is 26.6 Å². The minimum atomic E-state index is -4.77. The molecule has 0 saturated carbocycles. The van der Waals surface area contributed by atoms with Crippen molar-refractivity contribution in [1.82, 2.24) is 14.8 Å². The van der Waals surface area contributed by atoms with Gasteiger partial charge in [-0.1, -0.05) is 11.6 Å². The van der Waals surface area contributed by atoms with E-state index in [0.717, 1.165) is 6.07 Å². The summed E-state index contributed by atoms with van der Waals surface area (Å²) in [5, 5.41) is 7.34. The zero-order valence-corrected chi connectivity index (χ0v) is 20.5. The second-order valence-corrected chi connectivity index (χ2v) is 9.24. The van der Waals surface area contributed by atoms with Crippen LogP contribution in [0.2, 0.25) is 5.02 Å². The minimum Gasteiger partial charge on any atom is -0.471 e. The zero-order chi connectivity index (χ0) is 27.0. The van der Waals surface area contributed by atoms with E-state index in [1.807, 2.05) is 0 Å². The number of halogens is 4. The molecular weight excluding hydrogens is 547 g/mol. The topological polar surface area (TPSA) is 125 Å². The number of rotatable bonds is 7. The molecule has 2 amide bonds. The predicted molar refractivity (Wildman–Crippen MR) is 133 cm³/mol. The van der Waals surface area contributed by atoms with Gasteiger partial charge in [-0.05, 0) is 48.5 Å². The Balaban J connectivity index is 1.49. The Morgan fingerprint density at radius 1 is 1.18 bits per heavy atom. The Morgan fingerprint density at radius 2 is 1.95 bits per heavy atom. The van der Waals surface area contributed by atoms with E-state index in [0.29, 0.717) is 22.1 Å². The molecule has 4 aromatic heterocycles. The van der Waals surface area contributed by atoms with Gasteiger partial charge in [-0.15, -0.1) is 11.3 Å². The van der Waals surface area contributed by atoms with Gasteiger partial charge in [0, 0.05) is 22.2 Å². The molecule has 0 aliphatic heterocycles. The van der Waals surface area contributed by atoms with Crippen molar-refractivity contribution >= 4 is 50.7 Å². The summed E-state index contributed by atoms with van der Waals surface area (Å²) in [4.78, 5) is 28.6. The number of benzene rings is 1. The molecule has 0 atom stereocenters. The van der Waals surface area contributed by atoms with Gasteiger partial charge in [0.05, 0.1) is 12.0 Å². The highest BCUT2D eigenvalue weighted by Crippen LogP contribution is 2.43. The fourth-order valence-corrected chi connectivity index (χ4v) is 4.70. The van der Waals surface area contributed by atoms with Crippen LogP contribution >= 0.6 is 22.9 Å². The number of alkyl halides is 3. The Morgan fingerprint density at radius 3 is 2.61 bits per heavy atom. The smallest absolute Gasteiger partial charge is 0.433 e. The van der Waals surface area contributed by atoms with Crippen LogP contribution in [0.15, 0.2) is 65.4 Å². The first-order chi connectivity index (χ1) is 18.1. The van der Waals surface area contributed by atoms with Crippen LogP contribution in [0.1, 0.15) is 25.9 Å². The fraction of sp³-hybridized carbons (Fsp3) is 0.0833. The van der Waals surface area contributed by atoms with E-state index in [4.69, 9.17) is 26.5 Å². The number of primary amides is 1. The number of nitrogens with zero attached hydrogens (tertiary/aromatic N) is 3. The van der Waals surface area contributed by atoms with Gasteiger partial charge in [0.1, 0.15) is 26.9 Å². The van der Waals surface area contributed by atoms with Gasteiger partial charge in [0.25, 0.3) is 11.8 Å². The largest absolute Gasteiger partial charge is 0.471 e. The molecule has 0 spiro atoms.